The second-order valence-electron chi connectivity index (χ2n) is 7.46. The van der Waals surface area contributed by atoms with Crippen molar-refractivity contribution in [1.29, 1.82) is 0 Å². The van der Waals surface area contributed by atoms with E-state index in [9.17, 15) is 4.79 Å². The normalized spacial score (nSPS) is 18.1. The van der Waals surface area contributed by atoms with Gasteiger partial charge < -0.3 is 19.7 Å². The van der Waals surface area contributed by atoms with Crippen LogP contribution in [0.3, 0.4) is 0 Å². The van der Waals surface area contributed by atoms with Crippen molar-refractivity contribution in [2.75, 3.05) is 13.3 Å². The molecule has 0 aliphatic carbocycles. The molecule has 0 radical (unpaired) electrons. The Morgan fingerprint density at radius 1 is 1.18 bits per heavy atom. The van der Waals surface area contributed by atoms with E-state index in [0.717, 1.165) is 30.7 Å². The summed E-state index contributed by atoms with van der Waals surface area (Å²) in [5.74, 6) is 1.70. The highest BCUT2D eigenvalue weighted by molar-refractivity contribution is 6.31. The van der Waals surface area contributed by atoms with Gasteiger partial charge in [-0.1, -0.05) is 41.4 Å². The zero-order chi connectivity index (χ0) is 19.5. The number of ether oxygens (including phenoxy) is 2. The van der Waals surface area contributed by atoms with Crippen molar-refractivity contribution in [2.45, 2.75) is 45.3 Å². The van der Waals surface area contributed by atoms with Gasteiger partial charge in [0.05, 0.1) is 0 Å². The number of benzene rings is 2. The molecule has 2 heterocycles. The maximum atomic E-state index is 12.3. The third-order valence-corrected chi connectivity index (χ3v) is 5.79. The first-order valence-corrected chi connectivity index (χ1v) is 10.1. The molecule has 1 N–H and O–H groups in total. The van der Waals surface area contributed by atoms with Gasteiger partial charge in [0.1, 0.15) is 0 Å². The predicted octanol–water partition coefficient (Wildman–Crippen LogP) is 4.05. The number of rotatable bonds is 7. The lowest BCUT2D eigenvalue weighted by Crippen LogP contribution is -2.34. The highest BCUT2D eigenvalue weighted by atomic mass is 35.5. The van der Waals surface area contributed by atoms with Gasteiger partial charge in [-0.3, -0.25) is 4.79 Å². The van der Waals surface area contributed by atoms with Crippen molar-refractivity contribution in [3.05, 3.63) is 58.1 Å². The number of fused-ring (bicyclic) bond motifs is 1. The number of amides is 1. The fourth-order valence-electron chi connectivity index (χ4n) is 3.79. The first kappa shape index (κ1) is 19.1. The first-order valence-electron chi connectivity index (χ1n) is 9.74. The van der Waals surface area contributed by atoms with Crippen molar-refractivity contribution in [2.24, 2.45) is 0 Å². The minimum absolute atomic E-state index is 0.245. The molecule has 148 valence electrons. The number of hydrogen-bond acceptors (Lipinski definition) is 4. The number of nitrogens with one attached hydrogen (secondary N) is 1. The van der Waals surface area contributed by atoms with Crippen LogP contribution in [0.2, 0.25) is 5.02 Å². The minimum atomic E-state index is 0.245. The van der Waals surface area contributed by atoms with E-state index < -0.39 is 0 Å². The molecule has 0 saturated carbocycles. The van der Waals surface area contributed by atoms with Crippen LogP contribution in [0.5, 0.6) is 11.5 Å². The Morgan fingerprint density at radius 3 is 2.71 bits per heavy atom. The molecule has 2 aliphatic heterocycles. The quantitative estimate of drug-likeness (QED) is 0.712. The van der Waals surface area contributed by atoms with E-state index in [1.807, 2.05) is 11.0 Å². The lowest BCUT2D eigenvalue weighted by atomic mass is 10.1. The third-order valence-electron chi connectivity index (χ3n) is 5.44. The summed E-state index contributed by atoms with van der Waals surface area (Å²) < 4.78 is 10.8. The Bertz CT molecular complexity index is 854. The van der Waals surface area contributed by atoms with E-state index in [1.165, 1.54) is 11.1 Å². The van der Waals surface area contributed by atoms with Gasteiger partial charge >= 0.3 is 0 Å². The maximum absolute atomic E-state index is 12.3. The van der Waals surface area contributed by atoms with Gasteiger partial charge in [0.25, 0.3) is 0 Å². The molecule has 0 spiro atoms. The molecule has 2 aromatic carbocycles. The van der Waals surface area contributed by atoms with Crippen LogP contribution < -0.4 is 14.8 Å². The molecule has 0 unspecified atom stereocenters. The molecule has 2 aliphatic rings. The Hall–Kier alpha value is -2.24. The Kier molecular flexibility index (Phi) is 5.74. The van der Waals surface area contributed by atoms with Crippen molar-refractivity contribution in [1.82, 2.24) is 10.2 Å². The molecule has 28 heavy (non-hydrogen) atoms. The van der Waals surface area contributed by atoms with Crippen LogP contribution in [-0.4, -0.2) is 30.2 Å². The molecule has 0 bridgehead atoms. The average molecular weight is 401 g/mol. The lowest BCUT2D eigenvalue weighted by molar-refractivity contribution is -0.129. The third kappa shape index (κ3) is 4.26. The molecule has 1 amide bonds. The molecule has 1 fully saturated rings. The molecular formula is C22H25ClN2O3. The van der Waals surface area contributed by atoms with Gasteiger partial charge in [0, 0.05) is 36.6 Å². The molecule has 6 heteroatoms. The first-order chi connectivity index (χ1) is 13.6. The van der Waals surface area contributed by atoms with Gasteiger partial charge in [-0.15, -0.1) is 0 Å². The average Bonchev–Trinajstić information content (AvgIpc) is 3.27. The summed E-state index contributed by atoms with van der Waals surface area (Å²) in [5, 5.41) is 4.12. The second-order valence-corrected chi connectivity index (χ2v) is 7.87. The topological polar surface area (TPSA) is 50.8 Å². The number of likely N-dealkylation sites (tertiary alicyclic amines) is 1. The second kappa shape index (κ2) is 8.41. The Balaban J connectivity index is 1.29. The minimum Gasteiger partial charge on any atom is -0.454 e. The SMILES string of the molecule is Cc1ccc(CN2C(=O)CC[C@@H]2CCNCc2cc3c(cc2Cl)OCO3)cc1. The largest absolute Gasteiger partial charge is 0.454 e. The van der Waals surface area contributed by atoms with Gasteiger partial charge in [0.2, 0.25) is 12.7 Å². The smallest absolute Gasteiger partial charge is 0.231 e. The summed E-state index contributed by atoms with van der Waals surface area (Å²) in [6, 6.07) is 12.4. The fraction of sp³-hybridized carbons (Fsp3) is 0.409. The zero-order valence-electron chi connectivity index (χ0n) is 16.0. The zero-order valence-corrected chi connectivity index (χ0v) is 16.8. The van der Waals surface area contributed by atoms with Gasteiger partial charge in [-0.25, -0.2) is 0 Å². The van der Waals surface area contributed by atoms with Crippen LogP contribution >= 0.6 is 11.6 Å². The number of carbonyl (C=O) groups is 1. The van der Waals surface area contributed by atoms with Gasteiger partial charge in [-0.2, -0.15) is 0 Å². The summed E-state index contributed by atoms with van der Waals surface area (Å²) in [7, 11) is 0. The fourth-order valence-corrected chi connectivity index (χ4v) is 4.01. The summed E-state index contributed by atoms with van der Waals surface area (Å²) >= 11 is 6.33. The highest BCUT2D eigenvalue weighted by Crippen LogP contribution is 2.36. The molecule has 0 aromatic heterocycles. The summed E-state index contributed by atoms with van der Waals surface area (Å²) in [6.45, 7) is 4.50. The Labute approximate surface area is 170 Å². The van der Waals surface area contributed by atoms with Crippen molar-refractivity contribution < 1.29 is 14.3 Å². The van der Waals surface area contributed by atoms with Crippen LogP contribution in [0, 0.1) is 6.92 Å². The molecular weight excluding hydrogens is 376 g/mol. The van der Waals surface area contributed by atoms with E-state index in [1.54, 1.807) is 6.07 Å². The van der Waals surface area contributed by atoms with E-state index in [-0.39, 0.29) is 18.7 Å². The van der Waals surface area contributed by atoms with Crippen molar-refractivity contribution in [3.8, 4) is 11.5 Å². The number of nitrogens with zero attached hydrogens (tertiary/aromatic N) is 1. The number of aryl methyl sites for hydroxylation is 1. The van der Waals surface area contributed by atoms with E-state index in [0.29, 0.717) is 30.3 Å². The summed E-state index contributed by atoms with van der Waals surface area (Å²) in [4.78, 5) is 14.4. The van der Waals surface area contributed by atoms with Gasteiger partial charge in [-0.05, 0) is 43.5 Å². The molecule has 1 atom stereocenters. The van der Waals surface area contributed by atoms with Crippen molar-refractivity contribution in [3.63, 3.8) is 0 Å². The van der Waals surface area contributed by atoms with Crippen LogP contribution in [0.4, 0.5) is 0 Å². The summed E-state index contributed by atoms with van der Waals surface area (Å²) in [5.41, 5.74) is 3.41. The van der Waals surface area contributed by atoms with Crippen LogP contribution in [0.1, 0.15) is 36.0 Å². The maximum Gasteiger partial charge on any atom is 0.231 e. The highest BCUT2D eigenvalue weighted by Gasteiger charge is 2.30. The van der Waals surface area contributed by atoms with E-state index in [2.05, 4.69) is 36.5 Å². The van der Waals surface area contributed by atoms with E-state index in [4.69, 9.17) is 21.1 Å². The monoisotopic (exact) mass is 400 g/mol. The van der Waals surface area contributed by atoms with Crippen molar-refractivity contribution >= 4 is 17.5 Å². The van der Waals surface area contributed by atoms with Crippen LogP contribution in [-0.2, 0) is 17.9 Å². The van der Waals surface area contributed by atoms with Gasteiger partial charge in [0.15, 0.2) is 11.5 Å². The molecule has 1 saturated heterocycles. The number of carbonyl (C=O) groups excluding carboxylic acids is 1. The van der Waals surface area contributed by atoms with E-state index >= 15 is 0 Å². The van der Waals surface area contributed by atoms with Crippen LogP contribution in [0.15, 0.2) is 36.4 Å². The molecule has 2 aromatic rings. The number of halogens is 1. The number of hydrogen-bond donors (Lipinski definition) is 1. The lowest BCUT2D eigenvalue weighted by Gasteiger charge is -2.25. The van der Waals surface area contributed by atoms with Crippen LogP contribution in [0.25, 0.3) is 0 Å². The Morgan fingerprint density at radius 2 is 1.93 bits per heavy atom. The molecule has 5 nitrogen and oxygen atoms in total. The molecule has 4 rings (SSSR count). The summed E-state index contributed by atoms with van der Waals surface area (Å²) in [6.07, 6.45) is 2.50. The predicted molar refractivity (Wildman–Crippen MR) is 109 cm³/mol. The standard InChI is InChI=1S/C22H25ClN2O3/c1-15-2-4-16(5-3-15)13-25-18(6-7-22(25)26)8-9-24-12-17-10-20-21(11-19(17)23)28-14-27-20/h2-5,10-11,18,24H,6-9,12-14H2,1H3/t18-/m1/s1.